The normalized spacial score (nSPS) is 26.9. The molecule has 0 radical (unpaired) electrons. The highest BCUT2D eigenvalue weighted by Gasteiger charge is 2.27. The lowest BCUT2D eigenvalue weighted by molar-refractivity contribution is -0.0386. The maximum atomic E-state index is 5.85. The van der Waals surface area contributed by atoms with Gasteiger partial charge in [-0.2, -0.15) is 0 Å². The Labute approximate surface area is 115 Å². The third kappa shape index (κ3) is 4.16. The van der Waals surface area contributed by atoms with Crippen LogP contribution in [0.25, 0.3) is 0 Å². The van der Waals surface area contributed by atoms with Gasteiger partial charge in [0.05, 0.1) is 17.7 Å². The molecule has 2 rings (SSSR count). The molecule has 18 heavy (non-hydrogen) atoms. The Morgan fingerprint density at radius 3 is 2.78 bits per heavy atom. The number of nitrogens with zero attached hydrogens (tertiary/aromatic N) is 2. The van der Waals surface area contributed by atoms with Crippen molar-refractivity contribution in [3.05, 3.63) is 0 Å². The van der Waals surface area contributed by atoms with Crippen LogP contribution in [0.15, 0.2) is 0 Å². The van der Waals surface area contributed by atoms with Crippen LogP contribution in [0.4, 0.5) is 0 Å². The molecule has 2 N–H and O–H groups in total. The first-order valence-electron chi connectivity index (χ1n) is 6.97. The minimum absolute atomic E-state index is 0.304. The van der Waals surface area contributed by atoms with Crippen molar-refractivity contribution >= 4 is 17.2 Å². The van der Waals surface area contributed by atoms with Crippen LogP contribution in [0.3, 0.4) is 0 Å². The lowest BCUT2D eigenvalue weighted by Gasteiger charge is -2.36. The van der Waals surface area contributed by atoms with E-state index in [9.17, 15) is 0 Å². The van der Waals surface area contributed by atoms with E-state index in [-0.39, 0.29) is 0 Å². The van der Waals surface area contributed by atoms with Crippen LogP contribution in [-0.2, 0) is 4.74 Å². The molecule has 2 fully saturated rings. The van der Waals surface area contributed by atoms with Gasteiger partial charge in [-0.1, -0.05) is 25.1 Å². The summed E-state index contributed by atoms with van der Waals surface area (Å²) in [5.41, 5.74) is 5.73. The quantitative estimate of drug-likeness (QED) is 0.751. The Morgan fingerprint density at radius 1 is 1.44 bits per heavy atom. The van der Waals surface area contributed by atoms with E-state index in [2.05, 4.69) is 16.8 Å². The maximum Gasteiger partial charge on any atom is 0.0870 e. The molecule has 0 aromatic rings. The summed E-state index contributed by atoms with van der Waals surface area (Å²) in [6.07, 6.45) is 5.54. The summed E-state index contributed by atoms with van der Waals surface area (Å²) in [5, 5.41) is 0. The molecule has 0 aromatic carbocycles. The van der Waals surface area contributed by atoms with Crippen molar-refractivity contribution in [1.82, 2.24) is 9.80 Å². The van der Waals surface area contributed by atoms with Crippen LogP contribution in [0, 0.1) is 0 Å². The highest BCUT2D eigenvalue weighted by molar-refractivity contribution is 7.80. The van der Waals surface area contributed by atoms with E-state index in [0.29, 0.717) is 17.1 Å². The molecular weight excluding hydrogens is 246 g/mol. The summed E-state index contributed by atoms with van der Waals surface area (Å²) in [4.78, 5) is 5.38. The molecule has 1 heterocycles. The maximum absolute atomic E-state index is 5.85. The molecule has 1 saturated carbocycles. The highest BCUT2D eigenvalue weighted by atomic mass is 32.1. The Hall–Kier alpha value is -0.230. The highest BCUT2D eigenvalue weighted by Crippen LogP contribution is 2.24. The molecular formula is C13H25N3OS. The van der Waals surface area contributed by atoms with Gasteiger partial charge in [-0.3, -0.25) is 4.90 Å². The van der Waals surface area contributed by atoms with Crippen molar-refractivity contribution in [1.29, 1.82) is 0 Å². The molecule has 0 aromatic heterocycles. The minimum Gasteiger partial charge on any atom is -0.392 e. The summed E-state index contributed by atoms with van der Waals surface area (Å²) in [7, 11) is 2.16. The van der Waals surface area contributed by atoms with Crippen molar-refractivity contribution in [3.63, 3.8) is 0 Å². The van der Waals surface area contributed by atoms with Gasteiger partial charge in [-0.15, -0.1) is 0 Å². The summed E-state index contributed by atoms with van der Waals surface area (Å²) in [6.45, 7) is 4.60. The fourth-order valence-corrected chi connectivity index (χ4v) is 3.22. The molecule has 1 atom stereocenters. The number of morpholine rings is 1. The SMILES string of the molecule is CN1CCOC(CN(CC(N)=S)C2CCCC2)C1. The van der Waals surface area contributed by atoms with Crippen LogP contribution >= 0.6 is 12.2 Å². The van der Waals surface area contributed by atoms with E-state index in [1.54, 1.807) is 0 Å². The van der Waals surface area contributed by atoms with Gasteiger partial charge in [-0.05, 0) is 19.9 Å². The molecule has 2 aliphatic rings. The molecule has 1 aliphatic heterocycles. The van der Waals surface area contributed by atoms with Gasteiger partial charge in [0, 0.05) is 32.2 Å². The van der Waals surface area contributed by atoms with E-state index < -0.39 is 0 Å². The lowest BCUT2D eigenvalue weighted by atomic mass is 10.1. The second kappa shape index (κ2) is 6.80. The Bertz CT molecular complexity index is 281. The number of rotatable bonds is 5. The average Bonchev–Trinajstić information content (AvgIpc) is 2.80. The Balaban J connectivity index is 1.88. The third-order valence-electron chi connectivity index (χ3n) is 3.98. The number of hydrogen-bond acceptors (Lipinski definition) is 4. The molecule has 0 spiro atoms. The fraction of sp³-hybridized carbons (Fsp3) is 0.923. The smallest absolute Gasteiger partial charge is 0.0870 e. The standard InChI is InChI=1S/C13H25N3OS/c1-15-6-7-17-12(8-15)9-16(10-13(14)18)11-4-2-3-5-11/h11-12H,2-10H2,1H3,(H2,14,18). The Kier molecular flexibility index (Phi) is 5.36. The summed E-state index contributed by atoms with van der Waals surface area (Å²) in [5.74, 6) is 0. The summed E-state index contributed by atoms with van der Waals surface area (Å²) in [6, 6.07) is 0.655. The molecule has 1 aliphatic carbocycles. The second-order valence-electron chi connectivity index (χ2n) is 5.59. The minimum atomic E-state index is 0.304. The fourth-order valence-electron chi connectivity index (χ4n) is 3.05. The van der Waals surface area contributed by atoms with E-state index in [1.807, 2.05) is 0 Å². The van der Waals surface area contributed by atoms with Crippen LogP contribution in [0.5, 0.6) is 0 Å². The molecule has 5 heteroatoms. The van der Waals surface area contributed by atoms with E-state index >= 15 is 0 Å². The average molecular weight is 271 g/mol. The number of nitrogens with two attached hydrogens (primary N) is 1. The molecule has 4 nitrogen and oxygen atoms in total. The van der Waals surface area contributed by atoms with Gasteiger partial charge in [0.2, 0.25) is 0 Å². The summed E-state index contributed by atoms with van der Waals surface area (Å²) >= 11 is 5.08. The number of ether oxygens (including phenoxy) is 1. The van der Waals surface area contributed by atoms with Gasteiger partial charge in [0.15, 0.2) is 0 Å². The first-order valence-corrected chi connectivity index (χ1v) is 7.38. The van der Waals surface area contributed by atoms with Gasteiger partial charge < -0.3 is 15.4 Å². The lowest BCUT2D eigenvalue weighted by Crippen LogP contribution is -2.49. The van der Waals surface area contributed by atoms with Crippen LogP contribution in [-0.4, -0.2) is 66.8 Å². The van der Waals surface area contributed by atoms with Crippen LogP contribution in [0.2, 0.25) is 0 Å². The van der Waals surface area contributed by atoms with Gasteiger partial charge in [-0.25, -0.2) is 0 Å². The van der Waals surface area contributed by atoms with Crippen molar-refractivity contribution in [2.45, 2.75) is 37.8 Å². The van der Waals surface area contributed by atoms with E-state index in [0.717, 1.165) is 32.8 Å². The zero-order valence-corrected chi connectivity index (χ0v) is 12.1. The number of hydrogen-bond donors (Lipinski definition) is 1. The molecule has 0 bridgehead atoms. The van der Waals surface area contributed by atoms with E-state index in [4.69, 9.17) is 22.7 Å². The molecule has 1 saturated heterocycles. The van der Waals surface area contributed by atoms with Crippen molar-refractivity contribution < 1.29 is 4.74 Å². The summed E-state index contributed by atoms with van der Waals surface area (Å²) < 4.78 is 5.85. The zero-order chi connectivity index (χ0) is 13.0. The zero-order valence-electron chi connectivity index (χ0n) is 11.3. The monoisotopic (exact) mass is 271 g/mol. The first-order chi connectivity index (χ1) is 8.65. The van der Waals surface area contributed by atoms with Crippen LogP contribution < -0.4 is 5.73 Å². The topological polar surface area (TPSA) is 41.7 Å². The molecule has 0 amide bonds. The van der Waals surface area contributed by atoms with Crippen molar-refractivity contribution in [2.75, 3.05) is 39.8 Å². The van der Waals surface area contributed by atoms with Crippen LogP contribution in [0.1, 0.15) is 25.7 Å². The largest absolute Gasteiger partial charge is 0.392 e. The Morgan fingerprint density at radius 2 is 2.17 bits per heavy atom. The predicted molar refractivity (Wildman–Crippen MR) is 77.9 cm³/mol. The molecule has 104 valence electrons. The van der Waals surface area contributed by atoms with E-state index in [1.165, 1.54) is 25.7 Å². The van der Waals surface area contributed by atoms with Crippen molar-refractivity contribution in [2.24, 2.45) is 5.73 Å². The first kappa shape index (κ1) is 14.2. The third-order valence-corrected chi connectivity index (χ3v) is 4.11. The number of likely N-dealkylation sites (N-methyl/N-ethyl adjacent to an activating group) is 1. The predicted octanol–water partition coefficient (Wildman–Crippen LogP) is 0.848. The van der Waals surface area contributed by atoms with Gasteiger partial charge >= 0.3 is 0 Å². The molecule has 1 unspecified atom stereocenters. The van der Waals surface area contributed by atoms with Crippen molar-refractivity contribution in [3.8, 4) is 0 Å². The van der Waals surface area contributed by atoms with Gasteiger partial charge in [0.25, 0.3) is 0 Å². The van der Waals surface area contributed by atoms with Gasteiger partial charge in [0.1, 0.15) is 0 Å². The number of thiocarbonyl (C=S) groups is 1. The second-order valence-corrected chi connectivity index (χ2v) is 6.11.